The Kier molecular flexibility index (Phi) is 13.5. The summed E-state index contributed by atoms with van der Waals surface area (Å²) >= 11 is 1.03. The molecule has 0 radical (unpaired) electrons. The van der Waals surface area contributed by atoms with Crippen molar-refractivity contribution in [3.05, 3.63) is 16.1 Å². The van der Waals surface area contributed by atoms with Crippen LogP contribution in [-0.2, 0) is 19.1 Å². The molecule has 0 bridgehead atoms. The molecule has 3 N–H and O–H groups in total. The molecule has 1 aromatic rings. The average molecular weight is 583 g/mol. The molecule has 1 fully saturated rings. The number of carboxylic acid groups (broad SMARTS) is 1. The summed E-state index contributed by atoms with van der Waals surface area (Å²) < 4.78 is 5.49. The van der Waals surface area contributed by atoms with Crippen molar-refractivity contribution in [2.24, 2.45) is 11.8 Å². The fourth-order valence-electron chi connectivity index (χ4n) is 4.89. The third kappa shape index (κ3) is 9.24. The summed E-state index contributed by atoms with van der Waals surface area (Å²) in [6.07, 6.45) is 3.02. The number of aliphatic hydroxyl groups is 1. The van der Waals surface area contributed by atoms with E-state index in [0.717, 1.165) is 37.1 Å². The Balaban J connectivity index is 2.37. The minimum absolute atomic E-state index is 0.0494. The van der Waals surface area contributed by atoms with Crippen LogP contribution in [0.2, 0.25) is 0 Å². The molecule has 3 unspecified atom stereocenters. The third-order valence-electron chi connectivity index (χ3n) is 7.61. The number of carbonyl (C=O) groups is 4. The van der Waals surface area contributed by atoms with Crippen molar-refractivity contribution in [3.63, 3.8) is 0 Å². The zero-order chi connectivity index (χ0) is 30.0. The first-order valence-electron chi connectivity index (χ1n) is 14.2. The maximum atomic E-state index is 14.2. The molecule has 11 nitrogen and oxygen atoms in total. The molecule has 0 saturated carbocycles. The lowest BCUT2D eigenvalue weighted by Gasteiger charge is -2.39. The number of carbonyl (C=O) groups excluding carboxylic acids is 3. The molecule has 0 aromatic carbocycles. The van der Waals surface area contributed by atoms with Crippen LogP contribution in [0.5, 0.6) is 0 Å². The molecule has 226 valence electrons. The smallest absolute Gasteiger partial charge is 0.355 e. The van der Waals surface area contributed by atoms with Gasteiger partial charge in [0, 0.05) is 24.3 Å². The zero-order valence-corrected chi connectivity index (χ0v) is 25.4. The first kappa shape index (κ1) is 33.6. The number of aliphatic hydroxyl groups excluding tert-OH is 1. The van der Waals surface area contributed by atoms with Crippen molar-refractivity contribution >= 4 is 35.1 Å². The minimum Gasteiger partial charge on any atom is -0.476 e. The van der Waals surface area contributed by atoms with Gasteiger partial charge in [0.1, 0.15) is 17.2 Å². The second-order valence-corrected chi connectivity index (χ2v) is 11.9. The molecule has 2 rings (SSSR count). The van der Waals surface area contributed by atoms with Crippen LogP contribution in [0.3, 0.4) is 0 Å². The highest BCUT2D eigenvalue weighted by molar-refractivity contribution is 7.09. The number of amides is 2. The molecule has 2 amide bonds. The van der Waals surface area contributed by atoms with Gasteiger partial charge < -0.3 is 25.2 Å². The largest absolute Gasteiger partial charge is 0.476 e. The second kappa shape index (κ2) is 16.0. The first-order chi connectivity index (χ1) is 18.9. The van der Waals surface area contributed by atoms with E-state index < -0.39 is 30.1 Å². The lowest BCUT2D eigenvalue weighted by molar-refractivity contribution is -0.159. The summed E-state index contributed by atoms with van der Waals surface area (Å²) in [5.41, 5.74) is -0.159. The summed E-state index contributed by atoms with van der Waals surface area (Å²) in [6, 6.07) is -1.76. The Labute approximate surface area is 241 Å². The maximum Gasteiger partial charge on any atom is 0.355 e. The van der Waals surface area contributed by atoms with Gasteiger partial charge in [-0.25, -0.2) is 9.78 Å². The van der Waals surface area contributed by atoms with Gasteiger partial charge in [-0.3, -0.25) is 19.3 Å². The Bertz CT molecular complexity index is 1000. The van der Waals surface area contributed by atoms with Crippen LogP contribution >= 0.6 is 11.3 Å². The number of nitrogens with one attached hydrogen (secondary N) is 1. The lowest BCUT2D eigenvalue weighted by Crippen LogP contribution is -2.59. The average Bonchev–Trinajstić information content (AvgIpc) is 3.41. The minimum atomic E-state index is -1.19. The SMILES string of the molecule is CCCC(=O)OCN(C(=O)C(NC(=O)C1CCCCN1C)C(C)CC)[C@H](C[C@@H](O)c1nc(C(=O)O)cs1)C(C)C. The summed E-state index contributed by atoms with van der Waals surface area (Å²) in [5.74, 6) is -2.59. The van der Waals surface area contributed by atoms with Crippen LogP contribution < -0.4 is 5.32 Å². The molecule has 1 aliphatic rings. The number of aromatic carboxylic acids is 1. The van der Waals surface area contributed by atoms with E-state index >= 15 is 0 Å². The van der Waals surface area contributed by atoms with E-state index in [9.17, 15) is 29.4 Å². The maximum absolute atomic E-state index is 14.2. The number of thiazole rings is 1. The number of rotatable bonds is 15. The highest BCUT2D eigenvalue weighted by atomic mass is 32.1. The van der Waals surface area contributed by atoms with Crippen molar-refractivity contribution in [2.45, 2.75) is 104 Å². The van der Waals surface area contributed by atoms with E-state index in [1.54, 1.807) is 0 Å². The molecule has 5 atom stereocenters. The number of hydrogen-bond acceptors (Lipinski definition) is 9. The van der Waals surface area contributed by atoms with Crippen LogP contribution in [0, 0.1) is 11.8 Å². The fourth-order valence-corrected chi connectivity index (χ4v) is 5.68. The van der Waals surface area contributed by atoms with E-state index in [-0.39, 0.29) is 60.0 Å². The summed E-state index contributed by atoms with van der Waals surface area (Å²) in [4.78, 5) is 58.6. The summed E-state index contributed by atoms with van der Waals surface area (Å²) in [5, 5.41) is 24.8. The van der Waals surface area contributed by atoms with Gasteiger partial charge in [0.05, 0.1) is 6.04 Å². The molecule has 1 saturated heterocycles. The van der Waals surface area contributed by atoms with Gasteiger partial charge in [0.15, 0.2) is 12.4 Å². The third-order valence-corrected chi connectivity index (χ3v) is 8.56. The molecule has 1 aromatic heterocycles. The number of esters is 1. The molecule has 0 aliphatic carbocycles. The quantitative estimate of drug-likeness (QED) is 0.209. The Morgan fingerprint density at radius 3 is 2.48 bits per heavy atom. The van der Waals surface area contributed by atoms with Crippen LogP contribution in [-0.4, -0.2) is 87.2 Å². The van der Waals surface area contributed by atoms with E-state index in [1.165, 1.54) is 10.3 Å². The monoisotopic (exact) mass is 582 g/mol. The van der Waals surface area contributed by atoms with E-state index in [0.29, 0.717) is 12.8 Å². The standard InChI is InChI=1S/C28H46N4O7S/c1-7-11-23(34)39-16-32(21(17(3)4)14-22(33)26-29-19(15-40-26)28(37)38)27(36)24(18(5)8-2)30-25(35)20-12-9-10-13-31(20)6/h15,17-18,20-22,24,33H,7-14,16H2,1-6H3,(H,30,35)(H,37,38)/t18?,20?,21-,22-,24?/m1/s1. The van der Waals surface area contributed by atoms with Gasteiger partial charge in [-0.15, -0.1) is 11.3 Å². The predicted molar refractivity (Wildman–Crippen MR) is 152 cm³/mol. The topological polar surface area (TPSA) is 149 Å². The highest BCUT2D eigenvalue weighted by Gasteiger charge is 2.38. The Morgan fingerprint density at radius 2 is 1.93 bits per heavy atom. The van der Waals surface area contributed by atoms with Gasteiger partial charge in [-0.1, -0.05) is 47.5 Å². The molecule has 1 aliphatic heterocycles. The van der Waals surface area contributed by atoms with Crippen molar-refractivity contribution < 1.29 is 34.1 Å². The van der Waals surface area contributed by atoms with Crippen LogP contribution in [0.4, 0.5) is 0 Å². The highest BCUT2D eigenvalue weighted by Crippen LogP contribution is 2.29. The van der Waals surface area contributed by atoms with Crippen molar-refractivity contribution in [1.29, 1.82) is 0 Å². The van der Waals surface area contributed by atoms with Crippen LogP contribution in [0.15, 0.2) is 5.38 Å². The summed E-state index contributed by atoms with van der Waals surface area (Å²) in [7, 11) is 1.91. The Hall–Kier alpha value is -2.57. The molecule has 40 heavy (non-hydrogen) atoms. The number of carboxylic acids is 1. The second-order valence-electron chi connectivity index (χ2n) is 11.0. The molecular weight excluding hydrogens is 536 g/mol. The number of ether oxygens (including phenoxy) is 1. The summed E-state index contributed by atoms with van der Waals surface area (Å²) in [6.45, 7) is 9.98. The Morgan fingerprint density at radius 1 is 1.23 bits per heavy atom. The van der Waals surface area contributed by atoms with Gasteiger partial charge in [0.2, 0.25) is 11.8 Å². The number of piperidine rings is 1. The van der Waals surface area contributed by atoms with Crippen LogP contribution in [0.25, 0.3) is 0 Å². The molecule has 0 spiro atoms. The number of aromatic nitrogens is 1. The number of hydrogen-bond donors (Lipinski definition) is 3. The van der Waals surface area contributed by atoms with E-state index in [2.05, 4.69) is 10.3 Å². The number of likely N-dealkylation sites (tertiary alicyclic amines) is 1. The fraction of sp³-hybridized carbons (Fsp3) is 0.750. The van der Waals surface area contributed by atoms with Crippen molar-refractivity contribution in [3.8, 4) is 0 Å². The van der Waals surface area contributed by atoms with Crippen molar-refractivity contribution in [2.75, 3.05) is 20.3 Å². The van der Waals surface area contributed by atoms with E-state index in [4.69, 9.17) is 4.74 Å². The number of likely N-dealkylation sites (N-methyl/N-ethyl adjacent to an activating group) is 1. The van der Waals surface area contributed by atoms with Gasteiger partial charge in [-0.2, -0.15) is 0 Å². The van der Waals surface area contributed by atoms with Gasteiger partial charge in [0.25, 0.3) is 0 Å². The molecular formula is C28H46N4O7S. The lowest BCUT2D eigenvalue weighted by atomic mass is 9.92. The predicted octanol–water partition coefficient (Wildman–Crippen LogP) is 3.43. The number of nitrogens with zero attached hydrogens (tertiary/aromatic N) is 3. The van der Waals surface area contributed by atoms with Gasteiger partial charge in [-0.05, 0) is 44.7 Å². The zero-order valence-electron chi connectivity index (χ0n) is 24.6. The molecule has 12 heteroatoms. The van der Waals surface area contributed by atoms with Crippen LogP contribution in [0.1, 0.15) is 101 Å². The van der Waals surface area contributed by atoms with Gasteiger partial charge >= 0.3 is 11.9 Å². The van der Waals surface area contributed by atoms with Crippen molar-refractivity contribution in [1.82, 2.24) is 20.1 Å². The first-order valence-corrected chi connectivity index (χ1v) is 15.1. The normalized spacial score (nSPS) is 18.9. The molecule has 2 heterocycles. The van der Waals surface area contributed by atoms with E-state index in [1.807, 2.05) is 46.6 Å².